The van der Waals surface area contributed by atoms with Gasteiger partial charge in [0.05, 0.1) is 6.04 Å². The van der Waals surface area contributed by atoms with Crippen LogP contribution in [0.3, 0.4) is 0 Å². The van der Waals surface area contributed by atoms with Crippen molar-refractivity contribution in [3.63, 3.8) is 0 Å². The summed E-state index contributed by atoms with van der Waals surface area (Å²) in [6.45, 7) is 5.46. The second-order valence-corrected chi connectivity index (χ2v) is 8.19. The minimum absolute atomic E-state index is 0.133. The molecule has 0 unspecified atom stereocenters. The van der Waals surface area contributed by atoms with Crippen LogP contribution in [0.2, 0.25) is 0 Å². The molecule has 4 rings (SSSR count). The van der Waals surface area contributed by atoms with E-state index in [1.165, 1.54) is 37.8 Å². The number of piperidine rings is 1. The SMILES string of the molecule is C[C@H](c1ccccc1)N(CC1CC1)C(=O)N[C@@H]1CCN2CCC[C@H]2C1. The van der Waals surface area contributed by atoms with Crippen LogP contribution in [0.5, 0.6) is 0 Å². The molecule has 0 aromatic heterocycles. The zero-order valence-corrected chi connectivity index (χ0v) is 15.4. The number of amides is 2. The van der Waals surface area contributed by atoms with Crippen LogP contribution in [-0.2, 0) is 0 Å². The lowest BCUT2D eigenvalue weighted by atomic mass is 9.97. The number of benzene rings is 1. The molecule has 1 saturated carbocycles. The largest absolute Gasteiger partial charge is 0.335 e. The zero-order chi connectivity index (χ0) is 17.2. The van der Waals surface area contributed by atoms with Crippen LogP contribution in [0.1, 0.15) is 57.1 Å². The molecule has 25 heavy (non-hydrogen) atoms. The van der Waals surface area contributed by atoms with E-state index in [1.807, 2.05) is 6.07 Å². The first-order chi connectivity index (χ1) is 12.2. The second kappa shape index (κ2) is 7.36. The van der Waals surface area contributed by atoms with Gasteiger partial charge in [-0.15, -0.1) is 0 Å². The average Bonchev–Trinajstić information content (AvgIpc) is 3.34. The highest BCUT2D eigenvalue weighted by atomic mass is 16.2. The number of hydrogen-bond acceptors (Lipinski definition) is 2. The first-order valence-corrected chi connectivity index (χ1v) is 10.1. The third-order valence-corrected chi connectivity index (χ3v) is 6.31. The molecular weight excluding hydrogens is 310 g/mol. The van der Waals surface area contributed by atoms with E-state index >= 15 is 0 Å². The first-order valence-electron chi connectivity index (χ1n) is 10.1. The summed E-state index contributed by atoms with van der Waals surface area (Å²) in [6.07, 6.45) is 7.39. The summed E-state index contributed by atoms with van der Waals surface area (Å²) in [4.78, 5) is 17.8. The fourth-order valence-electron chi connectivity index (χ4n) is 4.52. The van der Waals surface area contributed by atoms with Gasteiger partial charge >= 0.3 is 6.03 Å². The van der Waals surface area contributed by atoms with Crippen molar-refractivity contribution in [2.24, 2.45) is 5.92 Å². The summed E-state index contributed by atoms with van der Waals surface area (Å²) in [5.41, 5.74) is 1.23. The highest BCUT2D eigenvalue weighted by Gasteiger charge is 2.35. The molecule has 1 aromatic carbocycles. The standard InChI is InChI=1S/C21H31N3O/c1-16(18-6-3-2-4-7-18)24(15-17-9-10-17)21(25)22-19-11-13-23-12-5-8-20(23)14-19/h2-4,6-7,16-17,19-20H,5,8-15H2,1H3,(H,22,25)/t16-,19-,20+/m1/s1. The molecule has 0 radical (unpaired) electrons. The fourth-order valence-corrected chi connectivity index (χ4v) is 4.52. The molecule has 1 N–H and O–H groups in total. The highest BCUT2D eigenvalue weighted by molar-refractivity contribution is 5.75. The molecule has 1 aromatic rings. The van der Waals surface area contributed by atoms with Crippen molar-refractivity contribution in [1.82, 2.24) is 15.1 Å². The van der Waals surface area contributed by atoms with Crippen molar-refractivity contribution < 1.29 is 4.79 Å². The molecule has 4 nitrogen and oxygen atoms in total. The molecule has 4 heteroatoms. The Morgan fingerprint density at radius 1 is 1.20 bits per heavy atom. The topological polar surface area (TPSA) is 35.6 Å². The Balaban J connectivity index is 1.41. The minimum Gasteiger partial charge on any atom is -0.335 e. The highest BCUT2D eigenvalue weighted by Crippen LogP contribution is 2.33. The molecule has 0 spiro atoms. The predicted molar refractivity (Wildman–Crippen MR) is 100 cm³/mol. The maximum absolute atomic E-state index is 13.1. The molecule has 2 aliphatic heterocycles. The molecular formula is C21H31N3O. The van der Waals surface area contributed by atoms with E-state index in [4.69, 9.17) is 0 Å². The number of hydrogen-bond donors (Lipinski definition) is 1. The lowest BCUT2D eigenvalue weighted by Crippen LogP contribution is -2.51. The number of nitrogens with one attached hydrogen (secondary N) is 1. The molecule has 0 bridgehead atoms. The van der Waals surface area contributed by atoms with E-state index in [1.54, 1.807) is 0 Å². The van der Waals surface area contributed by atoms with Crippen molar-refractivity contribution in [3.05, 3.63) is 35.9 Å². The first kappa shape index (κ1) is 16.9. The van der Waals surface area contributed by atoms with Crippen LogP contribution in [0.4, 0.5) is 4.79 Å². The molecule has 2 amide bonds. The number of carbonyl (C=O) groups excluding carboxylic acids is 1. The fraction of sp³-hybridized carbons (Fsp3) is 0.667. The molecule has 3 aliphatic rings. The number of nitrogens with zero attached hydrogens (tertiary/aromatic N) is 2. The maximum Gasteiger partial charge on any atom is 0.318 e. The number of fused-ring (bicyclic) bond motifs is 1. The minimum atomic E-state index is 0.133. The van der Waals surface area contributed by atoms with Crippen LogP contribution in [-0.4, -0.2) is 47.5 Å². The third-order valence-electron chi connectivity index (χ3n) is 6.31. The molecule has 3 fully saturated rings. The molecule has 2 saturated heterocycles. The maximum atomic E-state index is 13.1. The molecule has 1 aliphatic carbocycles. The van der Waals surface area contributed by atoms with Gasteiger partial charge in [-0.1, -0.05) is 30.3 Å². The Bertz CT molecular complexity index is 586. The van der Waals surface area contributed by atoms with Gasteiger partial charge in [0.2, 0.25) is 0 Å². The van der Waals surface area contributed by atoms with Crippen molar-refractivity contribution in [3.8, 4) is 0 Å². The molecule has 3 atom stereocenters. The zero-order valence-electron chi connectivity index (χ0n) is 15.4. The summed E-state index contributed by atoms with van der Waals surface area (Å²) in [5.74, 6) is 0.702. The van der Waals surface area contributed by atoms with E-state index in [9.17, 15) is 4.79 Å². The van der Waals surface area contributed by atoms with Crippen LogP contribution < -0.4 is 5.32 Å². The lowest BCUT2D eigenvalue weighted by molar-refractivity contribution is 0.145. The van der Waals surface area contributed by atoms with Crippen molar-refractivity contribution in [2.75, 3.05) is 19.6 Å². The van der Waals surface area contributed by atoms with Crippen molar-refractivity contribution >= 4 is 6.03 Å². The van der Waals surface area contributed by atoms with Gasteiger partial charge in [-0.05, 0) is 63.5 Å². The van der Waals surface area contributed by atoms with Crippen LogP contribution >= 0.6 is 0 Å². The van der Waals surface area contributed by atoms with E-state index in [2.05, 4.69) is 46.3 Å². The van der Waals surface area contributed by atoms with Gasteiger partial charge < -0.3 is 15.1 Å². The van der Waals surface area contributed by atoms with Gasteiger partial charge in [-0.25, -0.2) is 4.79 Å². The summed E-state index contributed by atoms with van der Waals surface area (Å²) >= 11 is 0. The predicted octanol–water partition coefficient (Wildman–Crippen LogP) is 3.80. The second-order valence-electron chi connectivity index (χ2n) is 8.19. The Morgan fingerprint density at radius 3 is 2.76 bits per heavy atom. The van der Waals surface area contributed by atoms with Crippen LogP contribution in [0.15, 0.2) is 30.3 Å². The van der Waals surface area contributed by atoms with Crippen LogP contribution in [0, 0.1) is 5.92 Å². The quantitative estimate of drug-likeness (QED) is 0.884. The van der Waals surface area contributed by atoms with Gasteiger partial charge in [0, 0.05) is 25.2 Å². The summed E-state index contributed by atoms with van der Waals surface area (Å²) in [6, 6.07) is 11.7. The van der Waals surface area contributed by atoms with E-state index in [0.717, 1.165) is 25.9 Å². The third kappa shape index (κ3) is 4.00. The number of rotatable bonds is 5. The molecule has 136 valence electrons. The summed E-state index contributed by atoms with van der Waals surface area (Å²) < 4.78 is 0. The van der Waals surface area contributed by atoms with Gasteiger partial charge in [0.25, 0.3) is 0 Å². The Hall–Kier alpha value is -1.55. The summed E-state index contributed by atoms with van der Waals surface area (Å²) in [5, 5.41) is 3.38. The van der Waals surface area contributed by atoms with Crippen molar-refractivity contribution in [2.45, 2.75) is 63.6 Å². The Kier molecular flexibility index (Phi) is 4.98. The Labute approximate surface area is 151 Å². The van der Waals surface area contributed by atoms with Crippen LogP contribution in [0.25, 0.3) is 0 Å². The van der Waals surface area contributed by atoms with Gasteiger partial charge in [-0.2, -0.15) is 0 Å². The van der Waals surface area contributed by atoms with E-state index in [-0.39, 0.29) is 12.1 Å². The number of urea groups is 1. The lowest BCUT2D eigenvalue weighted by Gasteiger charge is -2.37. The van der Waals surface area contributed by atoms with Gasteiger partial charge in [-0.3, -0.25) is 0 Å². The van der Waals surface area contributed by atoms with Gasteiger partial charge in [0.15, 0.2) is 0 Å². The monoisotopic (exact) mass is 341 g/mol. The van der Waals surface area contributed by atoms with E-state index < -0.39 is 0 Å². The normalized spacial score (nSPS) is 27.6. The smallest absolute Gasteiger partial charge is 0.318 e. The van der Waals surface area contributed by atoms with Gasteiger partial charge in [0.1, 0.15) is 0 Å². The van der Waals surface area contributed by atoms with E-state index in [0.29, 0.717) is 18.0 Å². The molecule has 2 heterocycles. The van der Waals surface area contributed by atoms with Crippen molar-refractivity contribution in [1.29, 1.82) is 0 Å². The summed E-state index contributed by atoms with van der Waals surface area (Å²) in [7, 11) is 0. The average molecular weight is 341 g/mol. The Morgan fingerprint density at radius 2 is 2.00 bits per heavy atom. The number of carbonyl (C=O) groups is 1.